The van der Waals surface area contributed by atoms with Crippen molar-refractivity contribution in [2.45, 2.75) is 39.7 Å². The second-order valence-corrected chi connectivity index (χ2v) is 6.63. The summed E-state index contributed by atoms with van der Waals surface area (Å²) >= 11 is 0. The standard InChI is InChI=1S/C21H25NO4/c1-14-11-15(2)13-17(12-14)22-19(23)10-9-16(3)20(21(24)25)26-18-7-5-4-6-8-18/h4-8,11-13,16,20H,9-10H2,1-3H3,(H,22,23)(H,24,25). The fraction of sp³-hybridized carbons (Fsp3) is 0.333. The van der Waals surface area contributed by atoms with Gasteiger partial charge in [0.25, 0.3) is 0 Å². The number of carboxylic acid groups (broad SMARTS) is 1. The zero-order chi connectivity index (χ0) is 19.1. The van der Waals surface area contributed by atoms with E-state index in [-0.39, 0.29) is 18.2 Å². The van der Waals surface area contributed by atoms with Gasteiger partial charge in [-0.05, 0) is 55.7 Å². The van der Waals surface area contributed by atoms with Gasteiger partial charge in [-0.3, -0.25) is 4.79 Å². The fourth-order valence-electron chi connectivity index (χ4n) is 2.84. The average molecular weight is 355 g/mol. The van der Waals surface area contributed by atoms with E-state index in [2.05, 4.69) is 5.32 Å². The van der Waals surface area contributed by atoms with E-state index in [9.17, 15) is 14.7 Å². The first kappa shape index (κ1) is 19.5. The van der Waals surface area contributed by atoms with E-state index in [0.29, 0.717) is 12.2 Å². The molecular formula is C21H25NO4. The molecule has 0 saturated carbocycles. The summed E-state index contributed by atoms with van der Waals surface area (Å²) in [5.74, 6) is -0.967. The molecule has 2 atom stereocenters. The Morgan fingerprint density at radius 1 is 1.08 bits per heavy atom. The van der Waals surface area contributed by atoms with E-state index in [0.717, 1.165) is 16.8 Å². The third kappa shape index (κ3) is 5.92. The van der Waals surface area contributed by atoms with Gasteiger partial charge in [-0.2, -0.15) is 0 Å². The van der Waals surface area contributed by atoms with Gasteiger partial charge in [0.2, 0.25) is 5.91 Å². The summed E-state index contributed by atoms with van der Waals surface area (Å²) in [6, 6.07) is 14.7. The largest absolute Gasteiger partial charge is 0.478 e. The van der Waals surface area contributed by atoms with Crippen molar-refractivity contribution in [2.24, 2.45) is 5.92 Å². The smallest absolute Gasteiger partial charge is 0.345 e. The lowest BCUT2D eigenvalue weighted by atomic mass is 9.98. The van der Waals surface area contributed by atoms with E-state index >= 15 is 0 Å². The van der Waals surface area contributed by atoms with Gasteiger partial charge < -0.3 is 15.2 Å². The minimum Gasteiger partial charge on any atom is -0.478 e. The highest BCUT2D eigenvalue weighted by molar-refractivity contribution is 5.90. The molecule has 0 aliphatic heterocycles. The maximum atomic E-state index is 12.2. The molecule has 0 saturated heterocycles. The van der Waals surface area contributed by atoms with Crippen molar-refractivity contribution in [3.63, 3.8) is 0 Å². The van der Waals surface area contributed by atoms with Crippen molar-refractivity contribution in [3.8, 4) is 5.75 Å². The molecule has 1 amide bonds. The Morgan fingerprint density at radius 2 is 1.69 bits per heavy atom. The average Bonchev–Trinajstić information content (AvgIpc) is 2.57. The van der Waals surface area contributed by atoms with Crippen LogP contribution in [0.3, 0.4) is 0 Å². The Labute approximate surface area is 154 Å². The Hall–Kier alpha value is -2.82. The van der Waals surface area contributed by atoms with Crippen molar-refractivity contribution in [3.05, 3.63) is 59.7 Å². The number of benzene rings is 2. The van der Waals surface area contributed by atoms with E-state index in [1.807, 2.05) is 38.1 Å². The van der Waals surface area contributed by atoms with Gasteiger partial charge in [0.05, 0.1) is 0 Å². The number of nitrogens with one attached hydrogen (secondary N) is 1. The number of aryl methyl sites for hydroxylation is 2. The van der Waals surface area contributed by atoms with Gasteiger partial charge >= 0.3 is 5.97 Å². The van der Waals surface area contributed by atoms with Crippen LogP contribution in [0.25, 0.3) is 0 Å². The van der Waals surface area contributed by atoms with Crippen molar-refractivity contribution >= 4 is 17.6 Å². The van der Waals surface area contributed by atoms with Crippen LogP contribution in [0.4, 0.5) is 5.69 Å². The summed E-state index contributed by atoms with van der Waals surface area (Å²) in [4.78, 5) is 23.7. The summed E-state index contributed by atoms with van der Waals surface area (Å²) in [7, 11) is 0. The van der Waals surface area contributed by atoms with E-state index in [4.69, 9.17) is 4.74 Å². The number of para-hydroxylation sites is 1. The minimum absolute atomic E-state index is 0.134. The molecule has 5 heteroatoms. The quantitative estimate of drug-likeness (QED) is 0.744. The number of hydrogen-bond acceptors (Lipinski definition) is 3. The highest BCUT2D eigenvalue weighted by atomic mass is 16.5. The molecule has 0 heterocycles. The topological polar surface area (TPSA) is 75.6 Å². The first-order chi connectivity index (χ1) is 12.3. The number of ether oxygens (including phenoxy) is 1. The molecular weight excluding hydrogens is 330 g/mol. The third-order valence-corrected chi connectivity index (χ3v) is 4.10. The predicted molar refractivity (Wildman–Crippen MR) is 101 cm³/mol. The number of aliphatic carboxylic acids is 1. The molecule has 2 rings (SSSR count). The maximum Gasteiger partial charge on any atom is 0.345 e. The van der Waals surface area contributed by atoms with E-state index in [1.54, 1.807) is 31.2 Å². The molecule has 2 aromatic carbocycles. The molecule has 0 aliphatic carbocycles. The molecule has 138 valence electrons. The molecule has 2 aromatic rings. The molecule has 0 aromatic heterocycles. The summed E-state index contributed by atoms with van der Waals surface area (Å²) in [6.07, 6.45) is -0.345. The Morgan fingerprint density at radius 3 is 2.27 bits per heavy atom. The van der Waals surface area contributed by atoms with E-state index < -0.39 is 12.1 Å². The van der Waals surface area contributed by atoms with Crippen LogP contribution in [0, 0.1) is 19.8 Å². The summed E-state index contributed by atoms with van der Waals surface area (Å²) < 4.78 is 5.59. The van der Waals surface area contributed by atoms with Crippen LogP contribution in [-0.2, 0) is 9.59 Å². The van der Waals surface area contributed by atoms with Crippen LogP contribution in [0.15, 0.2) is 48.5 Å². The Balaban J connectivity index is 1.91. The molecule has 0 aliphatic rings. The highest BCUT2D eigenvalue weighted by Gasteiger charge is 2.27. The molecule has 2 N–H and O–H groups in total. The number of carbonyl (C=O) groups is 2. The zero-order valence-electron chi connectivity index (χ0n) is 15.4. The maximum absolute atomic E-state index is 12.2. The molecule has 2 unspecified atom stereocenters. The van der Waals surface area contributed by atoms with Crippen molar-refractivity contribution in [2.75, 3.05) is 5.32 Å². The lowest BCUT2D eigenvalue weighted by Crippen LogP contribution is -2.34. The summed E-state index contributed by atoms with van der Waals surface area (Å²) in [6.45, 7) is 5.73. The third-order valence-electron chi connectivity index (χ3n) is 4.10. The Kier molecular flexibility index (Phi) is 6.78. The van der Waals surface area contributed by atoms with Gasteiger partial charge in [0, 0.05) is 18.0 Å². The minimum atomic E-state index is -1.03. The van der Waals surface area contributed by atoms with Gasteiger partial charge in [-0.1, -0.05) is 31.2 Å². The number of amides is 1. The molecule has 0 spiro atoms. The summed E-state index contributed by atoms with van der Waals surface area (Å²) in [5.41, 5.74) is 2.92. The molecule has 26 heavy (non-hydrogen) atoms. The van der Waals surface area contributed by atoms with Crippen LogP contribution < -0.4 is 10.1 Å². The van der Waals surface area contributed by atoms with Crippen molar-refractivity contribution in [1.82, 2.24) is 0 Å². The van der Waals surface area contributed by atoms with Crippen LogP contribution in [-0.4, -0.2) is 23.1 Å². The first-order valence-electron chi connectivity index (χ1n) is 8.68. The highest BCUT2D eigenvalue weighted by Crippen LogP contribution is 2.20. The first-order valence-corrected chi connectivity index (χ1v) is 8.68. The predicted octanol–water partition coefficient (Wildman–Crippen LogP) is 4.19. The molecule has 5 nitrogen and oxygen atoms in total. The molecule has 0 fully saturated rings. The normalized spacial score (nSPS) is 12.9. The second kappa shape index (κ2) is 9.04. The molecule has 0 radical (unpaired) electrons. The van der Waals surface area contributed by atoms with Gasteiger partial charge in [0.15, 0.2) is 6.10 Å². The molecule has 0 bridgehead atoms. The van der Waals surface area contributed by atoms with Gasteiger partial charge in [-0.15, -0.1) is 0 Å². The number of carboxylic acids is 1. The van der Waals surface area contributed by atoms with Crippen molar-refractivity contribution in [1.29, 1.82) is 0 Å². The van der Waals surface area contributed by atoms with Crippen LogP contribution in [0.2, 0.25) is 0 Å². The van der Waals surface area contributed by atoms with Gasteiger partial charge in [0.1, 0.15) is 5.75 Å². The number of rotatable bonds is 8. The zero-order valence-corrected chi connectivity index (χ0v) is 15.4. The van der Waals surface area contributed by atoms with Crippen LogP contribution >= 0.6 is 0 Å². The van der Waals surface area contributed by atoms with E-state index in [1.165, 1.54) is 0 Å². The monoisotopic (exact) mass is 355 g/mol. The summed E-state index contributed by atoms with van der Waals surface area (Å²) in [5, 5.41) is 12.3. The van der Waals surface area contributed by atoms with Gasteiger partial charge in [-0.25, -0.2) is 4.79 Å². The lowest BCUT2D eigenvalue weighted by Gasteiger charge is -2.21. The SMILES string of the molecule is Cc1cc(C)cc(NC(=O)CCC(C)C(Oc2ccccc2)C(=O)O)c1. The fourth-order valence-corrected chi connectivity index (χ4v) is 2.84. The van der Waals surface area contributed by atoms with Crippen LogP contribution in [0.1, 0.15) is 30.9 Å². The van der Waals surface area contributed by atoms with Crippen LogP contribution in [0.5, 0.6) is 5.75 Å². The lowest BCUT2D eigenvalue weighted by molar-refractivity contribution is -0.147. The van der Waals surface area contributed by atoms with Crippen molar-refractivity contribution < 1.29 is 19.4 Å². The number of anilines is 1. The second-order valence-electron chi connectivity index (χ2n) is 6.63. The number of carbonyl (C=O) groups excluding carboxylic acids is 1. The number of hydrogen-bond donors (Lipinski definition) is 2. The Bertz CT molecular complexity index is 738.